The molecule has 0 radical (unpaired) electrons. The molecule has 2 aromatic heterocycles. The van der Waals surface area contributed by atoms with Crippen LogP contribution in [0.4, 0.5) is 5.82 Å². The van der Waals surface area contributed by atoms with E-state index in [9.17, 15) is 4.79 Å². The topological polar surface area (TPSA) is 64.6 Å². The summed E-state index contributed by atoms with van der Waals surface area (Å²) in [5.74, 6) is 1.58. The molecule has 6 nitrogen and oxygen atoms in total. The zero-order chi connectivity index (χ0) is 20.2. The molecule has 0 spiro atoms. The molecule has 1 aromatic carbocycles. The molecule has 0 amide bonds. The number of rotatable bonds is 6. The molecule has 0 bridgehead atoms. The van der Waals surface area contributed by atoms with E-state index in [4.69, 9.17) is 9.47 Å². The van der Waals surface area contributed by atoms with Crippen LogP contribution in [-0.4, -0.2) is 42.2 Å². The third-order valence-electron chi connectivity index (χ3n) is 5.41. The summed E-state index contributed by atoms with van der Waals surface area (Å²) in [5.41, 5.74) is 1.25. The molecule has 29 heavy (non-hydrogen) atoms. The molecule has 0 atom stereocenters. The highest BCUT2D eigenvalue weighted by Crippen LogP contribution is 2.35. The fourth-order valence-corrected chi connectivity index (χ4v) is 4.66. The van der Waals surface area contributed by atoms with E-state index in [2.05, 4.69) is 28.7 Å². The van der Waals surface area contributed by atoms with Crippen molar-refractivity contribution in [1.29, 1.82) is 0 Å². The number of thiophene rings is 1. The van der Waals surface area contributed by atoms with Crippen molar-refractivity contribution in [1.82, 2.24) is 9.97 Å². The van der Waals surface area contributed by atoms with E-state index in [0.717, 1.165) is 47.7 Å². The number of aromatic nitrogens is 2. The van der Waals surface area contributed by atoms with Crippen LogP contribution in [0, 0.1) is 19.8 Å². The lowest BCUT2D eigenvalue weighted by Crippen LogP contribution is -2.37. The zero-order valence-corrected chi connectivity index (χ0v) is 17.6. The van der Waals surface area contributed by atoms with Gasteiger partial charge in [-0.25, -0.2) is 9.97 Å². The van der Waals surface area contributed by atoms with Crippen LogP contribution in [0.25, 0.3) is 10.2 Å². The Morgan fingerprint density at radius 1 is 1.14 bits per heavy atom. The van der Waals surface area contributed by atoms with Gasteiger partial charge in [-0.2, -0.15) is 0 Å². The van der Waals surface area contributed by atoms with Crippen molar-refractivity contribution in [3.8, 4) is 5.75 Å². The van der Waals surface area contributed by atoms with Crippen molar-refractivity contribution in [2.24, 2.45) is 5.92 Å². The minimum atomic E-state index is -0.128. The summed E-state index contributed by atoms with van der Waals surface area (Å²) >= 11 is 1.71. The first-order valence-electron chi connectivity index (χ1n) is 9.93. The molecule has 7 heteroatoms. The average Bonchev–Trinajstić information content (AvgIpc) is 3.06. The Bertz CT molecular complexity index is 982. The average molecular weight is 412 g/mol. The number of carbonyl (C=O) groups is 1. The Labute approximate surface area is 174 Å². The molecule has 1 fully saturated rings. The maximum Gasteiger partial charge on any atom is 0.309 e. The highest BCUT2D eigenvalue weighted by Gasteiger charge is 2.28. The summed E-state index contributed by atoms with van der Waals surface area (Å²) < 4.78 is 11.0. The number of nitrogens with zero attached hydrogens (tertiary/aromatic N) is 3. The van der Waals surface area contributed by atoms with Gasteiger partial charge in [0.25, 0.3) is 0 Å². The highest BCUT2D eigenvalue weighted by molar-refractivity contribution is 7.18. The third kappa shape index (κ3) is 4.34. The van der Waals surface area contributed by atoms with Crippen LogP contribution >= 0.6 is 11.3 Å². The number of fused-ring (bicyclic) bond motifs is 1. The van der Waals surface area contributed by atoms with E-state index in [1.165, 1.54) is 10.4 Å². The smallest absolute Gasteiger partial charge is 0.309 e. The lowest BCUT2D eigenvalue weighted by atomic mass is 9.97. The molecule has 0 N–H and O–H groups in total. The molecule has 3 aromatic rings. The second-order valence-corrected chi connectivity index (χ2v) is 8.45. The van der Waals surface area contributed by atoms with Crippen molar-refractivity contribution in [2.45, 2.75) is 26.7 Å². The molecule has 1 aliphatic heterocycles. The van der Waals surface area contributed by atoms with Gasteiger partial charge in [-0.1, -0.05) is 18.2 Å². The molecule has 0 unspecified atom stereocenters. The number of esters is 1. The first kappa shape index (κ1) is 19.6. The number of hydrogen-bond donors (Lipinski definition) is 0. The Hall–Kier alpha value is -2.67. The number of ether oxygens (including phenoxy) is 2. The quantitative estimate of drug-likeness (QED) is 0.449. The van der Waals surface area contributed by atoms with Gasteiger partial charge in [-0.05, 0) is 44.4 Å². The minimum Gasteiger partial charge on any atom is -0.490 e. The van der Waals surface area contributed by atoms with Crippen LogP contribution in [0.2, 0.25) is 0 Å². The first-order valence-corrected chi connectivity index (χ1v) is 10.7. The summed E-state index contributed by atoms with van der Waals surface area (Å²) in [5, 5.41) is 1.15. The molecule has 4 rings (SSSR count). The van der Waals surface area contributed by atoms with Gasteiger partial charge in [-0.3, -0.25) is 4.79 Å². The number of carbonyl (C=O) groups excluding carboxylic acids is 1. The summed E-state index contributed by atoms with van der Waals surface area (Å²) in [7, 11) is 0. The van der Waals surface area contributed by atoms with Gasteiger partial charge < -0.3 is 14.4 Å². The lowest BCUT2D eigenvalue weighted by Gasteiger charge is -2.32. The van der Waals surface area contributed by atoms with Crippen LogP contribution in [0.3, 0.4) is 0 Å². The maximum absolute atomic E-state index is 12.4. The van der Waals surface area contributed by atoms with Gasteiger partial charge in [0.2, 0.25) is 0 Å². The molecule has 152 valence electrons. The van der Waals surface area contributed by atoms with Crippen LogP contribution in [0.5, 0.6) is 5.75 Å². The van der Waals surface area contributed by atoms with Crippen molar-refractivity contribution in [3.63, 3.8) is 0 Å². The maximum atomic E-state index is 12.4. The van der Waals surface area contributed by atoms with E-state index < -0.39 is 0 Å². The number of para-hydroxylation sites is 1. The largest absolute Gasteiger partial charge is 0.490 e. The molecular formula is C22H25N3O3S. The molecular weight excluding hydrogens is 386 g/mol. The number of aryl methyl sites for hydroxylation is 2. The minimum absolute atomic E-state index is 0.0642. The molecule has 3 heterocycles. The number of anilines is 1. The van der Waals surface area contributed by atoms with E-state index in [1.807, 2.05) is 30.3 Å². The van der Waals surface area contributed by atoms with Crippen LogP contribution in [0.15, 0.2) is 36.7 Å². The van der Waals surface area contributed by atoms with Crippen LogP contribution in [-0.2, 0) is 9.53 Å². The standard InChI is InChI=1S/C22H25N3O3S/c1-15-16(2)29-21-19(15)20(23-14-24-21)25-10-8-17(9-11-25)22(26)28-13-12-27-18-6-4-3-5-7-18/h3-7,14,17H,8-13H2,1-2H3. The van der Waals surface area contributed by atoms with Gasteiger partial charge in [0.15, 0.2) is 0 Å². The van der Waals surface area contributed by atoms with E-state index >= 15 is 0 Å². The zero-order valence-electron chi connectivity index (χ0n) is 16.8. The number of piperidine rings is 1. The van der Waals surface area contributed by atoms with Crippen LogP contribution in [0.1, 0.15) is 23.3 Å². The third-order valence-corrected chi connectivity index (χ3v) is 6.53. The monoisotopic (exact) mass is 411 g/mol. The van der Waals surface area contributed by atoms with Crippen molar-refractivity contribution < 1.29 is 14.3 Å². The SMILES string of the molecule is Cc1sc2ncnc(N3CCC(C(=O)OCCOc4ccccc4)CC3)c2c1C. The van der Waals surface area contributed by atoms with Crippen molar-refractivity contribution in [3.05, 3.63) is 47.1 Å². The van der Waals surface area contributed by atoms with Gasteiger partial charge >= 0.3 is 5.97 Å². The van der Waals surface area contributed by atoms with Crippen molar-refractivity contribution >= 4 is 33.3 Å². The Kier molecular flexibility index (Phi) is 5.94. The van der Waals surface area contributed by atoms with E-state index in [1.54, 1.807) is 17.7 Å². The van der Waals surface area contributed by atoms with Crippen LogP contribution < -0.4 is 9.64 Å². The summed E-state index contributed by atoms with van der Waals surface area (Å²) in [6, 6.07) is 9.54. The number of benzene rings is 1. The van der Waals surface area contributed by atoms with Gasteiger partial charge in [-0.15, -0.1) is 11.3 Å². The Morgan fingerprint density at radius 2 is 1.90 bits per heavy atom. The second kappa shape index (κ2) is 8.78. The Morgan fingerprint density at radius 3 is 2.66 bits per heavy atom. The summed E-state index contributed by atoms with van der Waals surface area (Å²) in [6.45, 7) is 6.47. The van der Waals surface area contributed by atoms with Gasteiger partial charge in [0, 0.05) is 18.0 Å². The van der Waals surface area contributed by atoms with E-state index in [-0.39, 0.29) is 18.5 Å². The van der Waals surface area contributed by atoms with Crippen molar-refractivity contribution in [2.75, 3.05) is 31.2 Å². The normalized spacial score (nSPS) is 14.9. The molecule has 1 saturated heterocycles. The molecule has 0 saturated carbocycles. The predicted octanol–water partition coefficient (Wildman–Crippen LogP) is 4.15. The molecule has 1 aliphatic rings. The second-order valence-electron chi connectivity index (χ2n) is 7.25. The first-order chi connectivity index (χ1) is 14.1. The van der Waals surface area contributed by atoms with Gasteiger partial charge in [0.1, 0.15) is 35.9 Å². The summed E-state index contributed by atoms with van der Waals surface area (Å²) in [4.78, 5) is 26.0. The predicted molar refractivity (Wildman–Crippen MR) is 115 cm³/mol. The van der Waals surface area contributed by atoms with E-state index in [0.29, 0.717) is 6.61 Å². The fraction of sp³-hybridized carbons (Fsp3) is 0.409. The molecule has 0 aliphatic carbocycles. The Balaban J connectivity index is 1.29. The fourth-order valence-electron chi connectivity index (χ4n) is 3.67. The summed E-state index contributed by atoms with van der Waals surface area (Å²) in [6.07, 6.45) is 3.18. The van der Waals surface area contributed by atoms with Gasteiger partial charge in [0.05, 0.1) is 11.3 Å². The number of hydrogen-bond acceptors (Lipinski definition) is 7. The lowest BCUT2D eigenvalue weighted by molar-refractivity contribution is -0.150. The highest BCUT2D eigenvalue weighted by atomic mass is 32.1.